The Bertz CT molecular complexity index is 645. The molecule has 0 radical (unpaired) electrons. The Morgan fingerprint density at radius 2 is 1.91 bits per heavy atom. The van der Waals surface area contributed by atoms with Gasteiger partial charge in [0, 0.05) is 11.0 Å². The van der Waals surface area contributed by atoms with E-state index in [2.05, 4.69) is 0 Å². The van der Waals surface area contributed by atoms with Crippen molar-refractivity contribution in [2.24, 2.45) is 10.8 Å². The molecule has 2 aliphatic heterocycles. The van der Waals surface area contributed by atoms with Crippen LogP contribution < -0.4 is 0 Å². The first-order valence-corrected chi connectivity index (χ1v) is 7.98. The number of rotatable bonds is 3. The normalized spacial score (nSPS) is 37.9. The highest BCUT2D eigenvalue weighted by molar-refractivity contribution is 5.98. The van der Waals surface area contributed by atoms with Gasteiger partial charge in [-0.2, -0.15) is 0 Å². The first kappa shape index (κ1) is 16.0. The van der Waals surface area contributed by atoms with Crippen molar-refractivity contribution < 1.29 is 28.6 Å². The van der Waals surface area contributed by atoms with E-state index in [9.17, 15) is 14.4 Å². The third-order valence-corrected chi connectivity index (χ3v) is 6.25. The van der Waals surface area contributed by atoms with E-state index in [1.807, 2.05) is 27.7 Å². The Morgan fingerprint density at radius 3 is 2.35 bits per heavy atom. The lowest BCUT2D eigenvalue weighted by Crippen LogP contribution is -2.49. The van der Waals surface area contributed by atoms with Crippen LogP contribution in [-0.4, -0.2) is 29.6 Å². The summed E-state index contributed by atoms with van der Waals surface area (Å²) in [6, 6.07) is 0. The van der Waals surface area contributed by atoms with E-state index in [0.717, 1.165) is 0 Å². The van der Waals surface area contributed by atoms with Crippen LogP contribution in [-0.2, 0) is 28.6 Å². The molecule has 1 aliphatic carbocycles. The summed E-state index contributed by atoms with van der Waals surface area (Å²) in [7, 11) is 0. The number of hydrogen-bond donors (Lipinski definition) is 0. The molecule has 2 bridgehead atoms. The second-order valence-corrected chi connectivity index (χ2v) is 7.38. The molecule has 3 rings (SSSR count). The average molecular weight is 322 g/mol. The van der Waals surface area contributed by atoms with E-state index in [0.29, 0.717) is 24.8 Å². The van der Waals surface area contributed by atoms with Gasteiger partial charge in [-0.15, -0.1) is 0 Å². The van der Waals surface area contributed by atoms with Gasteiger partial charge in [-0.25, -0.2) is 9.59 Å². The van der Waals surface area contributed by atoms with Gasteiger partial charge in [0.25, 0.3) is 0 Å². The number of hydrogen-bond acceptors (Lipinski definition) is 6. The molecule has 0 aromatic heterocycles. The van der Waals surface area contributed by atoms with Crippen LogP contribution >= 0.6 is 0 Å². The molecule has 0 spiro atoms. The van der Waals surface area contributed by atoms with Crippen LogP contribution in [0.4, 0.5) is 0 Å². The fourth-order valence-corrected chi connectivity index (χ4v) is 3.97. The van der Waals surface area contributed by atoms with E-state index in [1.165, 1.54) is 0 Å². The number of esters is 3. The van der Waals surface area contributed by atoms with Crippen LogP contribution in [0.15, 0.2) is 11.3 Å². The van der Waals surface area contributed by atoms with Crippen molar-refractivity contribution in [2.75, 3.05) is 0 Å². The number of cyclic esters (lactones) is 1. The monoisotopic (exact) mass is 322 g/mol. The molecule has 1 saturated carbocycles. The number of fused-ring (bicyclic) bond motifs is 2. The molecule has 3 aliphatic rings. The van der Waals surface area contributed by atoms with E-state index in [4.69, 9.17) is 14.2 Å². The minimum absolute atomic E-state index is 0.0661. The Morgan fingerprint density at radius 1 is 1.26 bits per heavy atom. The maximum absolute atomic E-state index is 12.8. The van der Waals surface area contributed by atoms with Crippen LogP contribution in [0.1, 0.15) is 53.9 Å². The van der Waals surface area contributed by atoms with Crippen LogP contribution in [0.5, 0.6) is 0 Å². The first-order valence-electron chi connectivity index (χ1n) is 7.98. The molecule has 2 fully saturated rings. The molecule has 3 atom stereocenters. The third kappa shape index (κ3) is 1.72. The molecule has 126 valence electrons. The molecule has 6 nitrogen and oxygen atoms in total. The molecule has 0 aromatic carbocycles. The van der Waals surface area contributed by atoms with E-state index in [1.54, 1.807) is 6.92 Å². The predicted molar refractivity (Wildman–Crippen MR) is 78.9 cm³/mol. The van der Waals surface area contributed by atoms with Gasteiger partial charge in [-0.3, -0.25) is 4.79 Å². The molecule has 0 N–H and O–H groups in total. The molecular formula is C17H22O6. The van der Waals surface area contributed by atoms with Crippen molar-refractivity contribution in [3.8, 4) is 0 Å². The quantitative estimate of drug-likeness (QED) is 0.586. The minimum Gasteiger partial charge on any atom is -0.452 e. The summed E-state index contributed by atoms with van der Waals surface area (Å²) in [6.07, 6.45) is 1.21. The lowest BCUT2D eigenvalue weighted by atomic mass is 9.66. The highest BCUT2D eigenvalue weighted by Gasteiger charge is 2.76. The zero-order valence-corrected chi connectivity index (χ0v) is 14.1. The molecule has 6 heteroatoms. The van der Waals surface area contributed by atoms with Crippen molar-refractivity contribution in [3.05, 3.63) is 11.3 Å². The molecule has 0 amide bonds. The van der Waals surface area contributed by atoms with E-state index < -0.39 is 28.4 Å². The van der Waals surface area contributed by atoms with Gasteiger partial charge < -0.3 is 14.2 Å². The van der Waals surface area contributed by atoms with Gasteiger partial charge in [0.15, 0.2) is 0 Å². The fraction of sp³-hybridized carbons (Fsp3) is 0.706. The molecule has 2 heterocycles. The third-order valence-electron chi connectivity index (χ3n) is 6.25. The van der Waals surface area contributed by atoms with Gasteiger partial charge in [-0.1, -0.05) is 20.8 Å². The molecule has 23 heavy (non-hydrogen) atoms. The molecule has 3 unspecified atom stereocenters. The zero-order chi connectivity index (χ0) is 17.2. The summed E-state index contributed by atoms with van der Waals surface area (Å²) in [5, 5.41) is 0. The SMILES string of the molecule is CCC1OC(=O)C(OC(=O)C23CCC(C)(C(=O)O2)C3(C)C)=C1C. The standard InChI is InChI=1S/C17H22O6/c1-6-10-9(2)11(12(18)21-10)22-14(20)17-8-7-16(5,13(19)23-17)15(17,3)4/h10H,6-8H2,1-5H3. The summed E-state index contributed by atoms with van der Waals surface area (Å²) < 4.78 is 16.0. The van der Waals surface area contributed by atoms with Gasteiger partial charge >= 0.3 is 17.9 Å². The lowest BCUT2D eigenvalue weighted by Gasteiger charge is -2.34. The smallest absolute Gasteiger partial charge is 0.375 e. The number of ether oxygens (including phenoxy) is 3. The predicted octanol–water partition coefficient (Wildman–Crippen LogP) is 2.26. The Labute approximate surface area is 135 Å². The fourth-order valence-electron chi connectivity index (χ4n) is 3.97. The molecule has 0 aromatic rings. The minimum atomic E-state index is -1.34. The zero-order valence-electron chi connectivity index (χ0n) is 14.1. The van der Waals surface area contributed by atoms with Gasteiger partial charge in [0.2, 0.25) is 11.4 Å². The Balaban J connectivity index is 1.92. The second kappa shape index (κ2) is 4.58. The van der Waals surface area contributed by atoms with Gasteiger partial charge in [-0.05, 0) is 33.1 Å². The first-order chi connectivity index (χ1) is 10.6. The number of carbonyl (C=O) groups is 3. The van der Waals surface area contributed by atoms with Crippen LogP contribution in [0.2, 0.25) is 0 Å². The van der Waals surface area contributed by atoms with Crippen LogP contribution in [0.25, 0.3) is 0 Å². The summed E-state index contributed by atoms with van der Waals surface area (Å²) in [4.78, 5) is 37.0. The maximum atomic E-state index is 12.8. The highest BCUT2D eigenvalue weighted by Crippen LogP contribution is 2.66. The van der Waals surface area contributed by atoms with Crippen molar-refractivity contribution >= 4 is 17.9 Å². The van der Waals surface area contributed by atoms with Crippen LogP contribution in [0, 0.1) is 10.8 Å². The van der Waals surface area contributed by atoms with Crippen LogP contribution in [0.3, 0.4) is 0 Å². The van der Waals surface area contributed by atoms with Crippen molar-refractivity contribution in [3.63, 3.8) is 0 Å². The lowest BCUT2D eigenvalue weighted by molar-refractivity contribution is -0.181. The topological polar surface area (TPSA) is 78.9 Å². The summed E-state index contributed by atoms with van der Waals surface area (Å²) in [6.45, 7) is 9.10. The number of carbonyl (C=O) groups excluding carboxylic acids is 3. The largest absolute Gasteiger partial charge is 0.452 e. The summed E-state index contributed by atoms with van der Waals surface area (Å²) >= 11 is 0. The summed E-state index contributed by atoms with van der Waals surface area (Å²) in [5.41, 5.74) is -2.14. The average Bonchev–Trinajstić information content (AvgIpc) is 2.93. The van der Waals surface area contributed by atoms with E-state index >= 15 is 0 Å². The highest BCUT2D eigenvalue weighted by atomic mass is 16.6. The molecule has 1 saturated heterocycles. The maximum Gasteiger partial charge on any atom is 0.375 e. The second-order valence-electron chi connectivity index (χ2n) is 7.38. The molecular weight excluding hydrogens is 300 g/mol. The Kier molecular flexibility index (Phi) is 3.19. The van der Waals surface area contributed by atoms with Crippen molar-refractivity contribution in [1.29, 1.82) is 0 Å². The van der Waals surface area contributed by atoms with Gasteiger partial charge in [0.05, 0.1) is 5.41 Å². The van der Waals surface area contributed by atoms with E-state index in [-0.39, 0.29) is 17.8 Å². The Hall–Kier alpha value is -1.85. The van der Waals surface area contributed by atoms with Gasteiger partial charge in [0.1, 0.15) is 6.10 Å². The van der Waals surface area contributed by atoms with Crippen molar-refractivity contribution in [1.82, 2.24) is 0 Å². The summed E-state index contributed by atoms with van der Waals surface area (Å²) in [5.74, 6) is -1.76. The van der Waals surface area contributed by atoms with Crippen molar-refractivity contribution in [2.45, 2.75) is 65.6 Å².